The van der Waals surface area contributed by atoms with Crippen LogP contribution in [0.25, 0.3) is 0 Å². The van der Waals surface area contributed by atoms with Crippen LogP contribution in [0.5, 0.6) is 0 Å². The van der Waals surface area contributed by atoms with E-state index in [1.165, 1.54) is 0 Å². The molecule has 0 aliphatic carbocycles. The first-order chi connectivity index (χ1) is 9.06. The lowest BCUT2D eigenvalue weighted by atomic mass is 9.94. The smallest absolute Gasteiger partial charge is 0.317 e. The number of hydrogen-bond donors (Lipinski definition) is 2. The molecule has 1 fully saturated rings. The van der Waals surface area contributed by atoms with Gasteiger partial charge in [-0.1, -0.05) is 0 Å². The summed E-state index contributed by atoms with van der Waals surface area (Å²) in [5.74, 6) is 0.204. The minimum Gasteiger partial charge on any atom is -0.393 e. The fraction of sp³-hybridized carbons (Fsp3) is 0.615. The highest BCUT2D eigenvalue weighted by atomic mass is 79.9. The molecule has 6 heteroatoms. The lowest BCUT2D eigenvalue weighted by Gasteiger charge is -2.34. The SMILES string of the molecule is CC(O)C1CCCN(C(=O)NCc2ccc(Br)s2)C1. The molecule has 2 atom stereocenters. The van der Waals surface area contributed by atoms with Crippen LogP contribution in [0, 0.1) is 5.92 Å². The average Bonchev–Trinajstić information content (AvgIpc) is 2.82. The molecular formula is C13H19BrN2O2S. The van der Waals surface area contributed by atoms with Gasteiger partial charge in [0.2, 0.25) is 0 Å². The minimum atomic E-state index is -0.344. The first-order valence-electron chi connectivity index (χ1n) is 6.51. The number of rotatable bonds is 3. The molecule has 1 aliphatic heterocycles. The van der Waals surface area contributed by atoms with E-state index in [1.54, 1.807) is 18.3 Å². The number of nitrogens with zero attached hydrogens (tertiary/aromatic N) is 1. The molecule has 2 unspecified atom stereocenters. The number of aliphatic hydroxyl groups excluding tert-OH is 1. The topological polar surface area (TPSA) is 52.6 Å². The number of halogens is 1. The van der Waals surface area contributed by atoms with Gasteiger partial charge in [-0.2, -0.15) is 0 Å². The fourth-order valence-electron chi connectivity index (χ4n) is 2.31. The highest BCUT2D eigenvalue weighted by Gasteiger charge is 2.26. The molecule has 1 aromatic rings. The largest absolute Gasteiger partial charge is 0.393 e. The van der Waals surface area contributed by atoms with Gasteiger partial charge in [0.1, 0.15) is 0 Å². The number of nitrogens with one attached hydrogen (secondary N) is 1. The second kappa shape index (κ2) is 6.72. The summed E-state index contributed by atoms with van der Waals surface area (Å²) in [5.41, 5.74) is 0. The van der Waals surface area contributed by atoms with Gasteiger partial charge in [0, 0.05) is 23.9 Å². The number of carbonyl (C=O) groups is 1. The van der Waals surface area contributed by atoms with Gasteiger partial charge in [0.15, 0.2) is 0 Å². The summed E-state index contributed by atoms with van der Waals surface area (Å²) in [5, 5.41) is 12.6. The number of thiophene rings is 1. The van der Waals surface area contributed by atoms with Crippen molar-refractivity contribution >= 4 is 33.3 Å². The van der Waals surface area contributed by atoms with Gasteiger partial charge in [-0.25, -0.2) is 4.79 Å². The number of aliphatic hydroxyl groups is 1. The second-order valence-electron chi connectivity index (χ2n) is 4.95. The third kappa shape index (κ3) is 4.19. The van der Waals surface area contributed by atoms with E-state index < -0.39 is 0 Å². The maximum absolute atomic E-state index is 12.1. The molecule has 0 aromatic carbocycles. The van der Waals surface area contributed by atoms with Gasteiger partial charge in [-0.3, -0.25) is 0 Å². The van der Waals surface area contributed by atoms with Crippen molar-refractivity contribution in [2.24, 2.45) is 5.92 Å². The van der Waals surface area contributed by atoms with Crippen molar-refractivity contribution in [3.05, 3.63) is 20.8 Å². The summed E-state index contributed by atoms with van der Waals surface area (Å²) < 4.78 is 1.07. The molecular weight excluding hydrogens is 328 g/mol. The van der Waals surface area contributed by atoms with E-state index in [2.05, 4.69) is 21.2 Å². The van der Waals surface area contributed by atoms with Crippen molar-refractivity contribution in [1.29, 1.82) is 0 Å². The Morgan fingerprint density at radius 2 is 2.47 bits per heavy atom. The summed E-state index contributed by atoms with van der Waals surface area (Å²) in [6, 6.07) is 3.95. The van der Waals surface area contributed by atoms with E-state index in [0.717, 1.165) is 28.0 Å². The Morgan fingerprint density at radius 3 is 3.11 bits per heavy atom. The van der Waals surface area contributed by atoms with Gasteiger partial charge < -0.3 is 15.3 Å². The maximum atomic E-state index is 12.1. The predicted molar refractivity (Wildman–Crippen MR) is 80.2 cm³/mol. The van der Waals surface area contributed by atoms with Crippen LogP contribution >= 0.6 is 27.3 Å². The second-order valence-corrected chi connectivity index (χ2v) is 7.50. The molecule has 0 saturated carbocycles. The lowest BCUT2D eigenvalue weighted by Crippen LogP contribution is -2.47. The molecule has 0 radical (unpaired) electrons. The number of piperidine rings is 1. The zero-order valence-corrected chi connectivity index (χ0v) is 13.3. The van der Waals surface area contributed by atoms with Crippen molar-refractivity contribution in [3.63, 3.8) is 0 Å². The van der Waals surface area contributed by atoms with Crippen LogP contribution in [0.4, 0.5) is 4.79 Å². The lowest BCUT2D eigenvalue weighted by molar-refractivity contribution is 0.0739. The summed E-state index contributed by atoms with van der Waals surface area (Å²) in [6.07, 6.45) is 1.62. The van der Waals surface area contributed by atoms with E-state index in [9.17, 15) is 9.90 Å². The quantitative estimate of drug-likeness (QED) is 0.884. The van der Waals surface area contributed by atoms with Crippen LogP contribution in [-0.4, -0.2) is 35.2 Å². The zero-order chi connectivity index (χ0) is 13.8. The molecule has 106 valence electrons. The van der Waals surface area contributed by atoms with Crippen LogP contribution in [-0.2, 0) is 6.54 Å². The van der Waals surface area contributed by atoms with Crippen LogP contribution in [0.1, 0.15) is 24.6 Å². The van der Waals surface area contributed by atoms with Crippen LogP contribution in [0.2, 0.25) is 0 Å². The summed E-state index contributed by atoms with van der Waals surface area (Å²) in [4.78, 5) is 15.0. The molecule has 1 saturated heterocycles. The molecule has 0 spiro atoms. The molecule has 2 N–H and O–H groups in total. The molecule has 2 rings (SSSR count). The Kier molecular flexibility index (Phi) is 5.24. The van der Waals surface area contributed by atoms with Gasteiger partial charge in [-0.15, -0.1) is 11.3 Å². The van der Waals surface area contributed by atoms with E-state index in [-0.39, 0.29) is 18.1 Å². The highest BCUT2D eigenvalue weighted by molar-refractivity contribution is 9.11. The van der Waals surface area contributed by atoms with Crippen molar-refractivity contribution in [2.45, 2.75) is 32.4 Å². The highest BCUT2D eigenvalue weighted by Crippen LogP contribution is 2.22. The Bertz CT molecular complexity index is 436. The average molecular weight is 347 g/mol. The number of likely N-dealkylation sites (tertiary alicyclic amines) is 1. The Hall–Kier alpha value is -0.590. The van der Waals surface area contributed by atoms with Gasteiger partial charge >= 0.3 is 6.03 Å². The third-order valence-corrected chi connectivity index (χ3v) is 5.09. The number of carbonyl (C=O) groups excluding carboxylic acids is 1. The Labute approximate surface area is 125 Å². The van der Waals surface area contributed by atoms with E-state index in [0.29, 0.717) is 13.1 Å². The molecule has 1 aliphatic rings. The summed E-state index contributed by atoms with van der Waals surface area (Å²) >= 11 is 5.03. The first kappa shape index (κ1) is 14.8. The van der Waals surface area contributed by atoms with Gasteiger partial charge in [0.05, 0.1) is 16.4 Å². The fourth-order valence-corrected chi connectivity index (χ4v) is 3.73. The predicted octanol–water partition coefficient (Wildman–Crippen LogP) is 2.81. The maximum Gasteiger partial charge on any atom is 0.317 e. The molecule has 4 nitrogen and oxygen atoms in total. The Balaban J connectivity index is 1.82. The normalized spacial score (nSPS) is 21.2. The number of amides is 2. The summed E-state index contributed by atoms with van der Waals surface area (Å²) in [6.45, 7) is 3.79. The van der Waals surface area contributed by atoms with Gasteiger partial charge in [-0.05, 0) is 47.8 Å². The van der Waals surface area contributed by atoms with Crippen LogP contribution in [0.15, 0.2) is 15.9 Å². The number of hydrogen-bond acceptors (Lipinski definition) is 3. The summed E-state index contributed by atoms with van der Waals surface area (Å²) in [7, 11) is 0. The molecule has 2 amide bonds. The standard InChI is InChI=1S/C13H19BrN2O2S/c1-9(17)10-3-2-6-16(8-10)13(18)15-7-11-4-5-12(14)19-11/h4-5,9-10,17H,2-3,6-8H2,1H3,(H,15,18). The van der Waals surface area contributed by atoms with Crippen molar-refractivity contribution in [1.82, 2.24) is 10.2 Å². The Morgan fingerprint density at radius 1 is 1.68 bits per heavy atom. The van der Waals surface area contributed by atoms with Crippen LogP contribution < -0.4 is 5.32 Å². The molecule has 0 bridgehead atoms. The van der Waals surface area contributed by atoms with Crippen molar-refractivity contribution < 1.29 is 9.90 Å². The van der Waals surface area contributed by atoms with Crippen LogP contribution in [0.3, 0.4) is 0 Å². The monoisotopic (exact) mass is 346 g/mol. The van der Waals surface area contributed by atoms with Gasteiger partial charge in [0.25, 0.3) is 0 Å². The van der Waals surface area contributed by atoms with E-state index >= 15 is 0 Å². The van der Waals surface area contributed by atoms with E-state index in [4.69, 9.17) is 0 Å². The molecule has 2 heterocycles. The van der Waals surface area contributed by atoms with Crippen molar-refractivity contribution in [2.75, 3.05) is 13.1 Å². The third-order valence-electron chi connectivity index (χ3n) is 3.47. The number of urea groups is 1. The zero-order valence-electron chi connectivity index (χ0n) is 10.9. The molecule has 19 heavy (non-hydrogen) atoms. The van der Waals surface area contributed by atoms with E-state index in [1.807, 2.05) is 17.0 Å². The molecule has 1 aromatic heterocycles. The first-order valence-corrected chi connectivity index (χ1v) is 8.12. The van der Waals surface area contributed by atoms with Crippen molar-refractivity contribution in [3.8, 4) is 0 Å². The minimum absolute atomic E-state index is 0.0325.